The minimum absolute atomic E-state index is 0.0918. The van der Waals surface area contributed by atoms with Gasteiger partial charge in [0.25, 0.3) is 0 Å². The van der Waals surface area contributed by atoms with Gasteiger partial charge in [0.15, 0.2) is 11.7 Å². The summed E-state index contributed by atoms with van der Waals surface area (Å²) in [5.41, 5.74) is 1.75. The largest absolute Gasteiger partial charge is 0.478 e. The van der Waals surface area contributed by atoms with E-state index in [-0.39, 0.29) is 11.1 Å². The standard InChI is InChI=1S/C16H13NO4/c1-20-13(10-6-3-2-4-7-10)15-17-12-9-5-8-11(16(18)19)14(12)21-15/h2-9,13H,1H3,(H,18,19). The van der Waals surface area contributed by atoms with Crippen LogP contribution in [0.4, 0.5) is 0 Å². The van der Waals surface area contributed by atoms with E-state index in [0.717, 1.165) is 5.56 Å². The molecule has 0 aliphatic heterocycles. The second-order valence-corrected chi connectivity index (χ2v) is 4.54. The maximum Gasteiger partial charge on any atom is 0.339 e. The molecule has 1 aromatic heterocycles. The zero-order valence-electron chi connectivity index (χ0n) is 11.3. The van der Waals surface area contributed by atoms with Gasteiger partial charge in [0, 0.05) is 7.11 Å². The monoisotopic (exact) mass is 283 g/mol. The lowest BCUT2D eigenvalue weighted by Gasteiger charge is -2.11. The average Bonchev–Trinajstić information content (AvgIpc) is 2.92. The summed E-state index contributed by atoms with van der Waals surface area (Å²) in [6, 6.07) is 14.4. The molecular formula is C16H13NO4. The zero-order chi connectivity index (χ0) is 14.8. The highest BCUT2D eigenvalue weighted by Crippen LogP contribution is 2.29. The van der Waals surface area contributed by atoms with Crippen molar-refractivity contribution >= 4 is 17.1 Å². The molecule has 5 heteroatoms. The van der Waals surface area contributed by atoms with Gasteiger partial charge in [-0.15, -0.1) is 0 Å². The van der Waals surface area contributed by atoms with Crippen LogP contribution in [0.3, 0.4) is 0 Å². The molecule has 0 amide bonds. The molecule has 1 N–H and O–H groups in total. The summed E-state index contributed by atoms with van der Waals surface area (Å²) >= 11 is 0. The first kappa shape index (κ1) is 13.3. The van der Waals surface area contributed by atoms with E-state index >= 15 is 0 Å². The van der Waals surface area contributed by atoms with Crippen molar-refractivity contribution < 1.29 is 19.1 Å². The third-order valence-corrected chi connectivity index (χ3v) is 3.22. The molecule has 0 bridgehead atoms. The number of benzene rings is 2. The van der Waals surface area contributed by atoms with Gasteiger partial charge in [-0.2, -0.15) is 0 Å². The Hall–Kier alpha value is -2.66. The topological polar surface area (TPSA) is 72.6 Å². The predicted molar refractivity (Wildman–Crippen MR) is 76.3 cm³/mol. The number of hydrogen-bond donors (Lipinski definition) is 1. The van der Waals surface area contributed by atoms with Gasteiger partial charge in [-0.25, -0.2) is 9.78 Å². The number of aromatic nitrogens is 1. The number of nitrogens with zero attached hydrogens (tertiary/aromatic N) is 1. The molecular weight excluding hydrogens is 270 g/mol. The summed E-state index contributed by atoms with van der Waals surface area (Å²) in [5, 5.41) is 9.19. The lowest BCUT2D eigenvalue weighted by atomic mass is 10.1. The van der Waals surface area contributed by atoms with Crippen molar-refractivity contribution in [2.45, 2.75) is 6.10 Å². The highest BCUT2D eigenvalue weighted by Gasteiger charge is 2.22. The molecule has 1 heterocycles. The van der Waals surface area contributed by atoms with Crippen LogP contribution in [0.5, 0.6) is 0 Å². The van der Waals surface area contributed by atoms with Crippen molar-refractivity contribution in [3.8, 4) is 0 Å². The van der Waals surface area contributed by atoms with Crippen LogP contribution in [0.25, 0.3) is 11.1 Å². The van der Waals surface area contributed by atoms with Gasteiger partial charge >= 0.3 is 5.97 Å². The Kier molecular flexibility index (Phi) is 3.41. The summed E-state index contributed by atoms with van der Waals surface area (Å²) < 4.78 is 11.1. The lowest BCUT2D eigenvalue weighted by Crippen LogP contribution is -2.03. The molecule has 0 spiro atoms. The van der Waals surface area contributed by atoms with Crippen LogP contribution >= 0.6 is 0 Å². The van der Waals surface area contributed by atoms with Gasteiger partial charge in [0.2, 0.25) is 5.89 Å². The third-order valence-electron chi connectivity index (χ3n) is 3.22. The molecule has 3 aromatic rings. The van der Waals surface area contributed by atoms with E-state index in [1.165, 1.54) is 6.07 Å². The van der Waals surface area contributed by atoms with Gasteiger partial charge in [-0.1, -0.05) is 36.4 Å². The van der Waals surface area contributed by atoms with Crippen molar-refractivity contribution in [2.75, 3.05) is 7.11 Å². The van der Waals surface area contributed by atoms with Gasteiger partial charge in [0.05, 0.1) is 0 Å². The number of para-hydroxylation sites is 1. The van der Waals surface area contributed by atoms with Crippen LogP contribution in [-0.4, -0.2) is 23.2 Å². The minimum atomic E-state index is -1.04. The van der Waals surface area contributed by atoms with Crippen molar-refractivity contribution in [3.05, 3.63) is 65.5 Å². The summed E-state index contributed by atoms with van der Waals surface area (Å²) in [7, 11) is 1.56. The van der Waals surface area contributed by atoms with Gasteiger partial charge in [-0.05, 0) is 17.7 Å². The van der Waals surface area contributed by atoms with E-state index in [1.54, 1.807) is 19.2 Å². The Bertz CT molecular complexity index is 779. The van der Waals surface area contributed by atoms with Crippen molar-refractivity contribution in [1.29, 1.82) is 0 Å². The molecule has 106 valence electrons. The maximum atomic E-state index is 11.2. The van der Waals surface area contributed by atoms with Crippen LogP contribution in [0.15, 0.2) is 52.9 Å². The quantitative estimate of drug-likeness (QED) is 0.795. The first-order valence-electron chi connectivity index (χ1n) is 6.41. The fourth-order valence-corrected chi connectivity index (χ4v) is 2.25. The summed E-state index contributed by atoms with van der Waals surface area (Å²) in [5.74, 6) is -0.704. The molecule has 1 unspecified atom stereocenters. The Balaban J connectivity index is 2.12. The summed E-state index contributed by atoms with van der Waals surface area (Å²) in [4.78, 5) is 15.6. The van der Waals surface area contributed by atoms with E-state index in [2.05, 4.69) is 4.98 Å². The first-order chi connectivity index (χ1) is 10.2. The maximum absolute atomic E-state index is 11.2. The second-order valence-electron chi connectivity index (χ2n) is 4.54. The number of carbonyl (C=O) groups is 1. The Morgan fingerprint density at radius 3 is 2.62 bits per heavy atom. The lowest BCUT2D eigenvalue weighted by molar-refractivity contribution is 0.0697. The molecule has 0 aliphatic carbocycles. The van der Waals surface area contributed by atoms with Crippen LogP contribution in [0, 0.1) is 0 Å². The number of oxazole rings is 1. The fraction of sp³-hybridized carbons (Fsp3) is 0.125. The highest BCUT2D eigenvalue weighted by atomic mass is 16.5. The highest BCUT2D eigenvalue weighted by molar-refractivity contribution is 5.99. The number of fused-ring (bicyclic) bond motifs is 1. The number of methoxy groups -OCH3 is 1. The van der Waals surface area contributed by atoms with E-state index in [4.69, 9.17) is 9.15 Å². The van der Waals surface area contributed by atoms with Gasteiger partial charge in [-0.3, -0.25) is 0 Å². The van der Waals surface area contributed by atoms with Crippen molar-refractivity contribution in [1.82, 2.24) is 4.98 Å². The number of hydrogen-bond acceptors (Lipinski definition) is 4. The average molecular weight is 283 g/mol. The summed E-state index contributed by atoms with van der Waals surface area (Å²) in [6.07, 6.45) is -0.472. The van der Waals surface area contributed by atoms with Crippen LogP contribution in [0.1, 0.15) is 27.9 Å². The van der Waals surface area contributed by atoms with Crippen molar-refractivity contribution in [3.63, 3.8) is 0 Å². The van der Waals surface area contributed by atoms with Crippen LogP contribution in [0.2, 0.25) is 0 Å². The molecule has 2 aromatic carbocycles. The molecule has 5 nitrogen and oxygen atoms in total. The second kappa shape index (κ2) is 5.38. The van der Waals surface area contributed by atoms with E-state index in [0.29, 0.717) is 11.4 Å². The van der Waals surface area contributed by atoms with Crippen LogP contribution < -0.4 is 0 Å². The van der Waals surface area contributed by atoms with Gasteiger partial charge < -0.3 is 14.3 Å². The van der Waals surface area contributed by atoms with Crippen molar-refractivity contribution in [2.24, 2.45) is 0 Å². The molecule has 0 saturated heterocycles. The normalized spacial score (nSPS) is 12.4. The third kappa shape index (κ3) is 2.39. The number of ether oxygens (including phenoxy) is 1. The molecule has 1 atom stereocenters. The number of aromatic carboxylic acids is 1. The number of carboxylic acids is 1. The predicted octanol–water partition coefficient (Wildman–Crippen LogP) is 3.26. The smallest absolute Gasteiger partial charge is 0.339 e. The van der Waals surface area contributed by atoms with E-state index in [9.17, 15) is 9.90 Å². The first-order valence-corrected chi connectivity index (χ1v) is 6.41. The Morgan fingerprint density at radius 2 is 1.95 bits per heavy atom. The Labute approximate surface area is 120 Å². The molecule has 21 heavy (non-hydrogen) atoms. The molecule has 0 saturated carbocycles. The number of rotatable bonds is 4. The molecule has 0 fully saturated rings. The zero-order valence-corrected chi connectivity index (χ0v) is 11.3. The van der Waals surface area contributed by atoms with Gasteiger partial charge in [0.1, 0.15) is 11.1 Å². The molecule has 0 aliphatic rings. The SMILES string of the molecule is COC(c1ccccc1)c1nc2cccc(C(=O)O)c2o1. The minimum Gasteiger partial charge on any atom is -0.478 e. The van der Waals surface area contributed by atoms with E-state index < -0.39 is 12.1 Å². The van der Waals surface area contributed by atoms with E-state index in [1.807, 2.05) is 30.3 Å². The van der Waals surface area contributed by atoms with Crippen LogP contribution in [-0.2, 0) is 4.74 Å². The summed E-state index contributed by atoms with van der Waals surface area (Å²) in [6.45, 7) is 0. The molecule has 0 radical (unpaired) electrons. The Morgan fingerprint density at radius 1 is 1.19 bits per heavy atom. The number of carboxylic acid groups (broad SMARTS) is 1. The molecule has 3 rings (SSSR count). The fourth-order valence-electron chi connectivity index (χ4n) is 2.25.